The average molecular weight is 406 g/mol. The van der Waals surface area contributed by atoms with Crippen molar-refractivity contribution in [3.63, 3.8) is 0 Å². The molecule has 0 bridgehead atoms. The molecule has 0 saturated heterocycles. The van der Waals surface area contributed by atoms with Crippen LogP contribution in [0.4, 0.5) is 18.3 Å². The van der Waals surface area contributed by atoms with Crippen molar-refractivity contribution in [3.8, 4) is 0 Å². The van der Waals surface area contributed by atoms with Crippen LogP contribution in [0.1, 0.15) is 21.6 Å². The molecule has 3 rings (SSSR count). The molecule has 0 aliphatic heterocycles. The number of hydrogen-bond acceptors (Lipinski definition) is 3. The fourth-order valence-corrected chi connectivity index (χ4v) is 3.52. The van der Waals surface area contributed by atoms with Crippen LogP contribution >= 0.6 is 11.3 Å². The summed E-state index contributed by atoms with van der Waals surface area (Å²) in [6.07, 6.45) is -2.45. The number of thiazole rings is 1. The van der Waals surface area contributed by atoms with E-state index in [1.807, 2.05) is 35.6 Å². The Labute approximate surface area is 164 Å². The lowest BCUT2D eigenvalue weighted by Crippen LogP contribution is -2.84. The van der Waals surface area contributed by atoms with E-state index in [1.165, 1.54) is 17.4 Å². The summed E-state index contributed by atoms with van der Waals surface area (Å²) in [5, 5.41) is 5.06. The van der Waals surface area contributed by atoms with Gasteiger partial charge in [-0.05, 0) is 11.6 Å². The number of carbonyl (C=O) groups is 1. The molecule has 0 radical (unpaired) electrons. The van der Waals surface area contributed by atoms with E-state index >= 15 is 0 Å². The predicted octanol–water partition coefficient (Wildman–Crippen LogP) is 3.45. The normalized spacial score (nSPS) is 11.4. The molecule has 8 heteroatoms. The van der Waals surface area contributed by atoms with Crippen molar-refractivity contribution in [1.29, 1.82) is 0 Å². The second-order valence-corrected chi connectivity index (χ2v) is 7.35. The molecular formula is C20H19F3N3OS+. The molecule has 0 unspecified atom stereocenters. The lowest BCUT2D eigenvalue weighted by molar-refractivity contribution is -0.659. The molecule has 0 aliphatic rings. The van der Waals surface area contributed by atoms with E-state index in [9.17, 15) is 18.0 Å². The third-order valence-corrected chi connectivity index (χ3v) is 4.90. The first-order valence-corrected chi connectivity index (χ1v) is 9.48. The van der Waals surface area contributed by atoms with Crippen LogP contribution < -0.4 is 10.6 Å². The van der Waals surface area contributed by atoms with E-state index in [4.69, 9.17) is 0 Å². The number of anilines is 1. The van der Waals surface area contributed by atoms with Gasteiger partial charge in [0.1, 0.15) is 6.54 Å². The number of alkyl halides is 3. The quantitative estimate of drug-likeness (QED) is 0.631. The summed E-state index contributed by atoms with van der Waals surface area (Å²) in [5.74, 6) is -0.170. The Morgan fingerprint density at radius 2 is 1.82 bits per heavy atom. The second kappa shape index (κ2) is 8.99. The minimum atomic E-state index is -4.36. The molecule has 28 heavy (non-hydrogen) atoms. The molecule has 1 heterocycles. The van der Waals surface area contributed by atoms with Gasteiger partial charge in [-0.3, -0.25) is 10.1 Å². The van der Waals surface area contributed by atoms with Crippen LogP contribution in [0.25, 0.3) is 0 Å². The zero-order chi connectivity index (χ0) is 20.0. The molecule has 4 nitrogen and oxygen atoms in total. The summed E-state index contributed by atoms with van der Waals surface area (Å²) in [5.41, 5.74) is 1.01. The van der Waals surface area contributed by atoms with Gasteiger partial charge in [-0.15, -0.1) is 11.3 Å². The van der Waals surface area contributed by atoms with Crippen LogP contribution in [0.5, 0.6) is 0 Å². The highest BCUT2D eigenvalue weighted by molar-refractivity contribution is 7.15. The van der Waals surface area contributed by atoms with E-state index in [0.717, 1.165) is 22.6 Å². The Morgan fingerprint density at radius 1 is 1.07 bits per heavy atom. The van der Waals surface area contributed by atoms with Gasteiger partial charge in [-0.2, -0.15) is 13.2 Å². The number of hydrogen-bond donors (Lipinski definition) is 2. The SMILES string of the molecule is O=C(C[NH2+]Cc1ccccc1)Nc1ncc(Cc2cccc(C(F)(F)F)c2)s1. The Hall–Kier alpha value is -2.71. The predicted molar refractivity (Wildman–Crippen MR) is 102 cm³/mol. The second-order valence-electron chi connectivity index (χ2n) is 6.24. The lowest BCUT2D eigenvalue weighted by atomic mass is 10.1. The Bertz CT molecular complexity index is 926. The monoisotopic (exact) mass is 406 g/mol. The fraction of sp³-hybridized carbons (Fsp3) is 0.200. The van der Waals surface area contributed by atoms with Crippen molar-refractivity contribution in [2.45, 2.75) is 19.1 Å². The summed E-state index contributed by atoms with van der Waals surface area (Å²) in [6, 6.07) is 15.1. The maximum Gasteiger partial charge on any atom is 0.416 e. The number of nitrogens with one attached hydrogen (secondary N) is 1. The standard InChI is InChI=1S/C20H18F3N3OS/c21-20(22,23)16-8-4-7-15(9-16)10-17-12-25-19(28-17)26-18(27)13-24-11-14-5-2-1-3-6-14/h1-9,12,24H,10-11,13H2,(H,25,26,27)/p+1. The first-order chi connectivity index (χ1) is 13.4. The van der Waals surface area contributed by atoms with Crippen molar-refractivity contribution in [1.82, 2.24) is 4.98 Å². The number of halogens is 3. The fourth-order valence-electron chi connectivity index (χ4n) is 2.66. The van der Waals surface area contributed by atoms with E-state index in [0.29, 0.717) is 23.7 Å². The average Bonchev–Trinajstić information content (AvgIpc) is 3.09. The van der Waals surface area contributed by atoms with E-state index in [-0.39, 0.29) is 12.5 Å². The Kier molecular flexibility index (Phi) is 6.43. The van der Waals surface area contributed by atoms with Crippen molar-refractivity contribution >= 4 is 22.4 Å². The Balaban J connectivity index is 1.50. The van der Waals surface area contributed by atoms with Gasteiger partial charge in [0, 0.05) is 23.1 Å². The number of aromatic nitrogens is 1. The zero-order valence-corrected chi connectivity index (χ0v) is 15.7. The van der Waals surface area contributed by atoms with Crippen LogP contribution in [0, 0.1) is 0 Å². The van der Waals surface area contributed by atoms with Crippen LogP contribution in [0.3, 0.4) is 0 Å². The number of amides is 1. The van der Waals surface area contributed by atoms with Gasteiger partial charge in [0.25, 0.3) is 5.91 Å². The lowest BCUT2D eigenvalue weighted by Gasteiger charge is -2.07. The molecule has 0 aliphatic carbocycles. The van der Waals surface area contributed by atoms with Gasteiger partial charge < -0.3 is 5.32 Å². The maximum atomic E-state index is 12.8. The highest BCUT2D eigenvalue weighted by atomic mass is 32.1. The number of rotatable bonds is 7. The largest absolute Gasteiger partial charge is 0.416 e. The highest BCUT2D eigenvalue weighted by Gasteiger charge is 2.30. The van der Waals surface area contributed by atoms with E-state index in [1.54, 1.807) is 12.3 Å². The molecule has 0 spiro atoms. The van der Waals surface area contributed by atoms with E-state index < -0.39 is 11.7 Å². The van der Waals surface area contributed by atoms with Gasteiger partial charge in [-0.25, -0.2) is 4.98 Å². The van der Waals surface area contributed by atoms with Crippen molar-refractivity contribution in [3.05, 3.63) is 82.4 Å². The molecule has 3 N–H and O–H groups in total. The molecule has 0 fully saturated rings. The molecule has 146 valence electrons. The van der Waals surface area contributed by atoms with Crippen LogP contribution in [-0.2, 0) is 23.9 Å². The molecular weight excluding hydrogens is 387 g/mol. The number of carbonyl (C=O) groups excluding carboxylic acids is 1. The molecule has 1 aromatic heterocycles. The van der Waals surface area contributed by atoms with Crippen LogP contribution in [0.15, 0.2) is 60.8 Å². The molecule has 0 atom stereocenters. The maximum absolute atomic E-state index is 12.8. The summed E-state index contributed by atoms with van der Waals surface area (Å²) >= 11 is 1.26. The minimum absolute atomic E-state index is 0.170. The van der Waals surface area contributed by atoms with Crippen molar-refractivity contribution < 1.29 is 23.3 Å². The smallest absolute Gasteiger partial charge is 0.335 e. The molecule has 0 saturated carbocycles. The number of nitrogens with two attached hydrogens (primary N) is 1. The third-order valence-electron chi connectivity index (χ3n) is 3.99. The van der Waals surface area contributed by atoms with Crippen LogP contribution in [-0.4, -0.2) is 17.4 Å². The number of nitrogens with zero attached hydrogens (tertiary/aromatic N) is 1. The topological polar surface area (TPSA) is 58.6 Å². The third kappa shape index (κ3) is 5.90. The summed E-state index contributed by atoms with van der Waals surface area (Å²) in [7, 11) is 0. The van der Waals surface area contributed by atoms with Gasteiger partial charge in [0.05, 0.1) is 5.56 Å². The first kappa shape index (κ1) is 20.0. The summed E-state index contributed by atoms with van der Waals surface area (Å²) in [6.45, 7) is 0.963. The number of benzene rings is 2. The van der Waals surface area contributed by atoms with Crippen molar-refractivity contribution in [2.75, 3.05) is 11.9 Å². The van der Waals surface area contributed by atoms with E-state index in [2.05, 4.69) is 10.3 Å². The summed E-state index contributed by atoms with van der Waals surface area (Å²) in [4.78, 5) is 16.9. The van der Waals surface area contributed by atoms with Gasteiger partial charge in [0.2, 0.25) is 0 Å². The molecule has 1 amide bonds. The number of quaternary nitrogens is 1. The zero-order valence-electron chi connectivity index (χ0n) is 14.9. The minimum Gasteiger partial charge on any atom is -0.335 e. The summed E-state index contributed by atoms with van der Waals surface area (Å²) < 4.78 is 38.4. The first-order valence-electron chi connectivity index (χ1n) is 8.66. The molecule has 3 aromatic rings. The van der Waals surface area contributed by atoms with Gasteiger partial charge >= 0.3 is 6.18 Å². The highest BCUT2D eigenvalue weighted by Crippen LogP contribution is 2.30. The van der Waals surface area contributed by atoms with Gasteiger partial charge in [-0.1, -0.05) is 48.5 Å². The Morgan fingerprint density at radius 3 is 2.57 bits per heavy atom. The molecule has 2 aromatic carbocycles. The van der Waals surface area contributed by atoms with Gasteiger partial charge in [0.15, 0.2) is 11.7 Å². The van der Waals surface area contributed by atoms with Crippen molar-refractivity contribution in [2.24, 2.45) is 0 Å². The van der Waals surface area contributed by atoms with Crippen LogP contribution in [0.2, 0.25) is 0 Å².